The summed E-state index contributed by atoms with van der Waals surface area (Å²) in [5, 5.41) is 3.42. The maximum absolute atomic E-state index is 12.2. The summed E-state index contributed by atoms with van der Waals surface area (Å²) in [6.45, 7) is 8.27. The van der Waals surface area contributed by atoms with E-state index in [0.29, 0.717) is 0 Å². The van der Waals surface area contributed by atoms with Crippen LogP contribution in [0.15, 0.2) is 0 Å². The standard InChI is InChI=1S/C16H28N2O2S/c1-5-11-21-12-9-17-13-14-8-6-7-10-18(14)15(19)20-16(2,3)4/h1,14,17H,6-13H2,2-4H3. The first-order valence-electron chi connectivity index (χ1n) is 7.65. The molecule has 1 fully saturated rings. The van der Waals surface area contributed by atoms with Crippen LogP contribution in [0.4, 0.5) is 4.79 Å². The zero-order valence-corrected chi connectivity index (χ0v) is 14.3. The number of hydrogen-bond acceptors (Lipinski definition) is 4. The number of nitrogens with one attached hydrogen (secondary N) is 1. The van der Waals surface area contributed by atoms with Crippen molar-refractivity contribution in [2.75, 3.05) is 31.1 Å². The maximum atomic E-state index is 12.2. The number of terminal acetylenes is 1. The van der Waals surface area contributed by atoms with Crippen molar-refractivity contribution in [1.82, 2.24) is 10.2 Å². The van der Waals surface area contributed by atoms with E-state index in [4.69, 9.17) is 11.2 Å². The van der Waals surface area contributed by atoms with Gasteiger partial charge in [-0.05, 0) is 40.0 Å². The normalized spacial score (nSPS) is 19.1. The summed E-state index contributed by atoms with van der Waals surface area (Å²) in [7, 11) is 0. The smallest absolute Gasteiger partial charge is 0.410 e. The largest absolute Gasteiger partial charge is 0.444 e. The molecule has 1 atom stereocenters. The number of carbonyl (C=O) groups is 1. The van der Waals surface area contributed by atoms with Crippen molar-refractivity contribution >= 4 is 17.9 Å². The number of carbonyl (C=O) groups excluding carboxylic acids is 1. The molecule has 21 heavy (non-hydrogen) atoms. The highest BCUT2D eigenvalue weighted by Gasteiger charge is 2.29. The van der Waals surface area contributed by atoms with Gasteiger partial charge in [0.05, 0.1) is 5.75 Å². The fourth-order valence-corrected chi connectivity index (χ4v) is 2.87. The molecular weight excluding hydrogens is 284 g/mol. The molecule has 4 nitrogen and oxygen atoms in total. The molecule has 0 saturated carbocycles. The van der Waals surface area contributed by atoms with E-state index in [-0.39, 0.29) is 12.1 Å². The van der Waals surface area contributed by atoms with Crippen molar-refractivity contribution in [3.05, 3.63) is 0 Å². The Labute approximate surface area is 133 Å². The zero-order chi connectivity index (χ0) is 15.7. The van der Waals surface area contributed by atoms with E-state index in [1.54, 1.807) is 11.8 Å². The van der Waals surface area contributed by atoms with Gasteiger partial charge >= 0.3 is 6.09 Å². The van der Waals surface area contributed by atoms with Gasteiger partial charge in [0, 0.05) is 31.4 Å². The molecule has 1 amide bonds. The summed E-state index contributed by atoms with van der Waals surface area (Å²) in [5.41, 5.74) is -0.432. The highest BCUT2D eigenvalue weighted by molar-refractivity contribution is 7.99. The van der Waals surface area contributed by atoms with E-state index >= 15 is 0 Å². The Morgan fingerprint density at radius 3 is 2.90 bits per heavy atom. The van der Waals surface area contributed by atoms with Crippen LogP contribution in [0.2, 0.25) is 0 Å². The number of likely N-dealkylation sites (tertiary alicyclic amines) is 1. The lowest BCUT2D eigenvalue weighted by Crippen LogP contribution is -2.50. The summed E-state index contributed by atoms with van der Waals surface area (Å²) in [4.78, 5) is 14.1. The molecule has 1 N–H and O–H groups in total. The maximum Gasteiger partial charge on any atom is 0.410 e. The lowest BCUT2D eigenvalue weighted by atomic mass is 10.0. The van der Waals surface area contributed by atoms with E-state index in [1.807, 2.05) is 25.7 Å². The molecule has 1 aliphatic heterocycles. The third-order valence-corrected chi connectivity index (χ3v) is 4.11. The van der Waals surface area contributed by atoms with Crippen molar-refractivity contribution < 1.29 is 9.53 Å². The van der Waals surface area contributed by atoms with Crippen molar-refractivity contribution in [2.24, 2.45) is 0 Å². The van der Waals surface area contributed by atoms with Crippen molar-refractivity contribution in [3.63, 3.8) is 0 Å². The molecule has 5 heteroatoms. The summed E-state index contributed by atoms with van der Waals surface area (Å²) in [5.74, 6) is 4.38. The molecule has 0 aromatic rings. The third kappa shape index (κ3) is 7.63. The molecule has 1 heterocycles. The van der Waals surface area contributed by atoms with Gasteiger partial charge in [-0.2, -0.15) is 0 Å². The van der Waals surface area contributed by atoms with Gasteiger partial charge < -0.3 is 15.0 Å². The molecule has 0 aromatic heterocycles. The molecule has 0 aromatic carbocycles. The average molecular weight is 312 g/mol. The van der Waals surface area contributed by atoms with E-state index in [0.717, 1.165) is 44.0 Å². The number of amides is 1. The molecule has 0 spiro atoms. The molecular formula is C16H28N2O2S. The molecule has 0 radical (unpaired) electrons. The lowest BCUT2D eigenvalue weighted by molar-refractivity contribution is 0.0100. The Morgan fingerprint density at radius 2 is 2.24 bits per heavy atom. The predicted octanol–water partition coefficient (Wildman–Crippen LogP) is 2.73. The van der Waals surface area contributed by atoms with E-state index < -0.39 is 5.60 Å². The monoisotopic (exact) mass is 312 g/mol. The van der Waals surface area contributed by atoms with Crippen LogP contribution < -0.4 is 5.32 Å². The molecule has 120 valence electrons. The van der Waals surface area contributed by atoms with Crippen molar-refractivity contribution in [2.45, 2.75) is 51.7 Å². The third-order valence-electron chi connectivity index (χ3n) is 3.24. The molecule has 1 saturated heterocycles. The minimum atomic E-state index is -0.432. The number of hydrogen-bond donors (Lipinski definition) is 1. The molecule has 0 bridgehead atoms. The minimum absolute atomic E-state index is 0.185. The highest BCUT2D eigenvalue weighted by Crippen LogP contribution is 2.20. The predicted molar refractivity (Wildman–Crippen MR) is 89.6 cm³/mol. The van der Waals surface area contributed by atoms with Crippen LogP contribution in [-0.4, -0.2) is 53.8 Å². The van der Waals surface area contributed by atoms with Gasteiger partial charge in [0.1, 0.15) is 5.60 Å². The lowest BCUT2D eigenvalue weighted by Gasteiger charge is -2.36. The molecule has 1 aliphatic rings. The Kier molecular flexibility index (Phi) is 7.98. The Balaban J connectivity index is 2.35. The molecule has 1 rings (SSSR count). The van der Waals surface area contributed by atoms with E-state index in [2.05, 4.69) is 11.2 Å². The summed E-state index contributed by atoms with van der Waals surface area (Å²) < 4.78 is 5.50. The Morgan fingerprint density at radius 1 is 1.48 bits per heavy atom. The van der Waals surface area contributed by atoms with E-state index in [1.165, 1.54) is 6.42 Å². The fourth-order valence-electron chi connectivity index (χ4n) is 2.32. The fraction of sp³-hybridized carbons (Fsp3) is 0.812. The highest BCUT2D eigenvalue weighted by atomic mass is 32.2. The van der Waals surface area contributed by atoms with Crippen LogP contribution in [-0.2, 0) is 4.74 Å². The summed E-state index contributed by atoms with van der Waals surface area (Å²) in [6, 6.07) is 0.242. The van der Waals surface area contributed by atoms with Crippen LogP contribution in [0, 0.1) is 12.3 Å². The van der Waals surface area contributed by atoms with Gasteiger partial charge in [-0.1, -0.05) is 5.92 Å². The second-order valence-corrected chi connectivity index (χ2v) is 7.39. The van der Waals surface area contributed by atoms with Gasteiger partial charge in [0.2, 0.25) is 0 Å². The van der Waals surface area contributed by atoms with Crippen LogP contribution in [0.5, 0.6) is 0 Å². The van der Waals surface area contributed by atoms with E-state index in [9.17, 15) is 4.79 Å². The average Bonchev–Trinajstić information content (AvgIpc) is 2.41. The Bertz CT molecular complexity index is 360. The number of rotatable bonds is 6. The molecule has 0 aliphatic carbocycles. The van der Waals surface area contributed by atoms with Crippen molar-refractivity contribution in [3.8, 4) is 12.3 Å². The first-order valence-corrected chi connectivity index (χ1v) is 8.81. The zero-order valence-electron chi connectivity index (χ0n) is 13.5. The number of piperidine rings is 1. The first-order chi connectivity index (χ1) is 9.94. The number of ether oxygens (including phenoxy) is 1. The quantitative estimate of drug-likeness (QED) is 0.605. The van der Waals surface area contributed by atoms with Crippen LogP contribution in [0.1, 0.15) is 40.0 Å². The SMILES string of the molecule is C#CCSCCNCC1CCCCN1C(=O)OC(C)(C)C. The van der Waals surface area contributed by atoms with Crippen LogP contribution in [0.3, 0.4) is 0 Å². The summed E-state index contributed by atoms with van der Waals surface area (Å²) in [6.07, 6.45) is 8.31. The minimum Gasteiger partial charge on any atom is -0.444 e. The first kappa shape index (κ1) is 18.2. The van der Waals surface area contributed by atoms with Gasteiger partial charge in [0.15, 0.2) is 0 Å². The van der Waals surface area contributed by atoms with Gasteiger partial charge in [0.25, 0.3) is 0 Å². The topological polar surface area (TPSA) is 41.6 Å². The van der Waals surface area contributed by atoms with Gasteiger partial charge in [-0.25, -0.2) is 4.79 Å². The number of thioether (sulfide) groups is 1. The van der Waals surface area contributed by atoms with Crippen LogP contribution >= 0.6 is 11.8 Å². The van der Waals surface area contributed by atoms with Gasteiger partial charge in [-0.3, -0.25) is 0 Å². The van der Waals surface area contributed by atoms with Gasteiger partial charge in [-0.15, -0.1) is 18.2 Å². The second kappa shape index (κ2) is 9.22. The number of nitrogens with zero attached hydrogens (tertiary/aromatic N) is 1. The Hall–Kier alpha value is -0.860. The van der Waals surface area contributed by atoms with Crippen molar-refractivity contribution in [1.29, 1.82) is 0 Å². The second-order valence-electron chi connectivity index (χ2n) is 6.28. The van der Waals surface area contributed by atoms with Crippen LogP contribution in [0.25, 0.3) is 0 Å². The summed E-state index contributed by atoms with van der Waals surface area (Å²) >= 11 is 1.75. The molecule has 1 unspecified atom stereocenters.